The van der Waals surface area contributed by atoms with E-state index in [0.717, 1.165) is 23.6 Å². The Labute approximate surface area is 155 Å². The summed E-state index contributed by atoms with van der Waals surface area (Å²) < 4.78 is 0. The van der Waals surface area contributed by atoms with Crippen LogP contribution in [0.1, 0.15) is 79.2 Å². The van der Waals surface area contributed by atoms with Gasteiger partial charge in [-0.05, 0) is 50.3 Å². The van der Waals surface area contributed by atoms with Gasteiger partial charge in [0.25, 0.3) is 0 Å². The van der Waals surface area contributed by atoms with E-state index in [-0.39, 0.29) is 6.04 Å². The third-order valence-electron chi connectivity index (χ3n) is 4.88. The number of phenolic OH excluding ortho intramolecular Hbond substituents is 1. The Morgan fingerprint density at radius 1 is 1.08 bits per heavy atom. The lowest BCUT2D eigenvalue weighted by atomic mass is 9.90. The van der Waals surface area contributed by atoms with Gasteiger partial charge >= 0.3 is 0 Å². The van der Waals surface area contributed by atoms with Gasteiger partial charge in [0.1, 0.15) is 5.75 Å². The molecule has 1 aromatic carbocycles. The number of nitrogens with zero attached hydrogens (tertiary/aromatic N) is 1. The van der Waals surface area contributed by atoms with E-state index in [2.05, 4.69) is 47.6 Å². The Bertz CT molecular complexity index is 565. The molecule has 0 heterocycles. The number of aromatic hydroxyl groups is 1. The second-order valence-corrected chi connectivity index (χ2v) is 7.65. The zero-order chi connectivity index (χ0) is 18.8. The van der Waals surface area contributed by atoms with Crippen molar-refractivity contribution in [2.45, 2.75) is 79.7 Å². The zero-order valence-corrected chi connectivity index (χ0v) is 17.0. The molecule has 25 heavy (non-hydrogen) atoms. The molecular formula is C23H37NO. The average Bonchev–Trinajstić information content (AvgIpc) is 2.55. The monoisotopic (exact) mass is 343 g/mol. The van der Waals surface area contributed by atoms with Crippen molar-refractivity contribution in [2.75, 3.05) is 0 Å². The SMILES string of the molecule is CCCC(CCC)C/C(C)=C/C(=NC(C)C(C)C)c1ccccc1O. The molecule has 140 valence electrons. The Kier molecular flexibility index (Phi) is 9.55. The molecule has 0 fully saturated rings. The molecule has 0 aliphatic carbocycles. The summed E-state index contributed by atoms with van der Waals surface area (Å²) in [5.74, 6) is 1.53. The standard InChI is InChI=1S/C23H37NO/c1-7-11-20(12-8-2)15-18(5)16-22(24-19(6)17(3)4)21-13-9-10-14-23(21)25/h9-10,13-14,16-17,19-20,25H,7-8,11-12,15H2,1-6H3/b18-16+,24-22?. The zero-order valence-electron chi connectivity index (χ0n) is 17.0. The third-order valence-corrected chi connectivity index (χ3v) is 4.88. The first-order valence-electron chi connectivity index (χ1n) is 9.92. The molecule has 0 radical (unpaired) electrons. The van der Waals surface area contributed by atoms with Crippen molar-refractivity contribution in [2.24, 2.45) is 16.8 Å². The van der Waals surface area contributed by atoms with Crippen LogP contribution in [0.15, 0.2) is 40.9 Å². The van der Waals surface area contributed by atoms with Crippen LogP contribution in [0.2, 0.25) is 0 Å². The summed E-state index contributed by atoms with van der Waals surface area (Å²) in [4.78, 5) is 4.93. The molecule has 0 aliphatic rings. The molecule has 2 heteroatoms. The normalized spacial score (nSPS) is 14.4. The highest BCUT2D eigenvalue weighted by Gasteiger charge is 2.13. The van der Waals surface area contributed by atoms with Crippen LogP contribution in [-0.4, -0.2) is 16.9 Å². The number of aliphatic imine (C=N–C) groups is 1. The summed E-state index contributed by atoms with van der Waals surface area (Å²) in [7, 11) is 0. The maximum atomic E-state index is 10.3. The van der Waals surface area contributed by atoms with E-state index in [9.17, 15) is 5.11 Å². The largest absolute Gasteiger partial charge is 0.507 e. The second kappa shape index (κ2) is 11.1. The fourth-order valence-corrected chi connectivity index (χ4v) is 3.16. The predicted molar refractivity (Wildman–Crippen MR) is 111 cm³/mol. The quantitative estimate of drug-likeness (QED) is 0.467. The Morgan fingerprint density at radius 2 is 1.68 bits per heavy atom. The fraction of sp³-hybridized carbons (Fsp3) is 0.609. The summed E-state index contributed by atoms with van der Waals surface area (Å²) >= 11 is 0. The lowest BCUT2D eigenvalue weighted by molar-refractivity contribution is 0.437. The summed E-state index contributed by atoms with van der Waals surface area (Å²) in [6, 6.07) is 7.74. The van der Waals surface area contributed by atoms with Crippen LogP contribution >= 0.6 is 0 Å². The summed E-state index contributed by atoms with van der Waals surface area (Å²) in [6.45, 7) is 13.2. The molecule has 2 nitrogen and oxygen atoms in total. The van der Waals surface area contributed by atoms with Gasteiger partial charge in [-0.1, -0.05) is 71.1 Å². The van der Waals surface area contributed by atoms with E-state index in [1.807, 2.05) is 18.2 Å². The van der Waals surface area contributed by atoms with Crippen LogP contribution in [0.5, 0.6) is 5.75 Å². The van der Waals surface area contributed by atoms with Gasteiger partial charge in [0, 0.05) is 5.56 Å². The highest BCUT2D eigenvalue weighted by Crippen LogP contribution is 2.24. The lowest BCUT2D eigenvalue weighted by Gasteiger charge is -2.17. The minimum absolute atomic E-state index is 0.223. The molecule has 0 saturated heterocycles. The van der Waals surface area contributed by atoms with Gasteiger partial charge in [0.15, 0.2) is 0 Å². The molecular weight excluding hydrogens is 306 g/mol. The molecule has 0 bridgehead atoms. The molecule has 1 N–H and O–H groups in total. The van der Waals surface area contributed by atoms with Crippen LogP contribution in [0.3, 0.4) is 0 Å². The average molecular weight is 344 g/mol. The highest BCUT2D eigenvalue weighted by atomic mass is 16.3. The third kappa shape index (κ3) is 7.46. The van der Waals surface area contributed by atoms with Gasteiger partial charge < -0.3 is 5.11 Å². The van der Waals surface area contributed by atoms with Gasteiger partial charge in [-0.3, -0.25) is 4.99 Å². The Morgan fingerprint density at radius 3 is 2.20 bits per heavy atom. The number of hydrogen-bond donors (Lipinski definition) is 1. The van der Waals surface area contributed by atoms with Crippen LogP contribution in [0.4, 0.5) is 0 Å². The van der Waals surface area contributed by atoms with Crippen molar-refractivity contribution in [3.05, 3.63) is 41.5 Å². The molecule has 1 rings (SSSR count). The summed E-state index contributed by atoms with van der Waals surface area (Å²) in [6.07, 6.45) is 8.34. The van der Waals surface area contributed by atoms with E-state index in [1.54, 1.807) is 6.07 Å². The van der Waals surface area contributed by atoms with Crippen LogP contribution in [0.25, 0.3) is 0 Å². The lowest BCUT2D eigenvalue weighted by Crippen LogP contribution is -2.12. The molecule has 0 spiro atoms. The maximum Gasteiger partial charge on any atom is 0.124 e. The minimum Gasteiger partial charge on any atom is -0.507 e. The predicted octanol–water partition coefficient (Wildman–Crippen LogP) is 6.78. The first-order chi connectivity index (χ1) is 11.9. The van der Waals surface area contributed by atoms with Gasteiger partial charge in [-0.15, -0.1) is 0 Å². The fourth-order valence-electron chi connectivity index (χ4n) is 3.16. The minimum atomic E-state index is 0.223. The topological polar surface area (TPSA) is 32.6 Å². The Hall–Kier alpha value is -1.57. The first kappa shape index (κ1) is 21.5. The van der Waals surface area contributed by atoms with Crippen LogP contribution < -0.4 is 0 Å². The van der Waals surface area contributed by atoms with Crippen LogP contribution in [0, 0.1) is 11.8 Å². The molecule has 0 aliphatic heterocycles. The number of para-hydroxylation sites is 1. The molecule has 1 aromatic rings. The van der Waals surface area contributed by atoms with Crippen LogP contribution in [-0.2, 0) is 0 Å². The van der Waals surface area contributed by atoms with E-state index in [0.29, 0.717) is 11.7 Å². The smallest absolute Gasteiger partial charge is 0.124 e. The van der Waals surface area contributed by atoms with E-state index < -0.39 is 0 Å². The van der Waals surface area contributed by atoms with Crippen molar-refractivity contribution in [3.8, 4) is 5.75 Å². The van der Waals surface area contributed by atoms with Gasteiger partial charge in [0.05, 0.1) is 11.8 Å². The van der Waals surface area contributed by atoms with E-state index in [4.69, 9.17) is 4.99 Å². The summed E-state index contributed by atoms with van der Waals surface area (Å²) in [5, 5.41) is 10.3. The molecule has 0 aromatic heterocycles. The van der Waals surface area contributed by atoms with E-state index in [1.165, 1.54) is 31.3 Å². The van der Waals surface area contributed by atoms with Crippen molar-refractivity contribution in [3.63, 3.8) is 0 Å². The summed E-state index contributed by atoms with van der Waals surface area (Å²) in [5.41, 5.74) is 3.09. The van der Waals surface area contributed by atoms with Crippen molar-refractivity contribution >= 4 is 5.71 Å². The van der Waals surface area contributed by atoms with Crippen molar-refractivity contribution in [1.29, 1.82) is 0 Å². The molecule has 0 amide bonds. The van der Waals surface area contributed by atoms with Gasteiger partial charge in [-0.25, -0.2) is 0 Å². The number of allylic oxidation sites excluding steroid dienone is 2. The van der Waals surface area contributed by atoms with Gasteiger partial charge in [0.2, 0.25) is 0 Å². The Balaban J connectivity index is 3.13. The van der Waals surface area contributed by atoms with Gasteiger partial charge in [-0.2, -0.15) is 0 Å². The number of phenols is 1. The van der Waals surface area contributed by atoms with Crippen molar-refractivity contribution < 1.29 is 5.11 Å². The second-order valence-electron chi connectivity index (χ2n) is 7.65. The number of hydrogen-bond acceptors (Lipinski definition) is 2. The number of rotatable bonds is 10. The molecule has 0 saturated carbocycles. The molecule has 1 atom stereocenters. The molecule has 1 unspecified atom stereocenters. The number of benzene rings is 1. The first-order valence-corrected chi connectivity index (χ1v) is 9.92. The van der Waals surface area contributed by atoms with E-state index >= 15 is 0 Å². The maximum absolute atomic E-state index is 10.3. The van der Waals surface area contributed by atoms with Crippen molar-refractivity contribution in [1.82, 2.24) is 0 Å². The highest BCUT2D eigenvalue weighted by molar-refractivity contribution is 6.10.